The molecule has 2 aromatic carbocycles. The zero-order chi connectivity index (χ0) is 19.4. The molecule has 142 valence electrons. The Kier molecular flexibility index (Phi) is 5.78. The molecule has 0 fully saturated rings. The average Bonchev–Trinajstić information content (AvgIpc) is 3.12. The van der Waals surface area contributed by atoms with Crippen LogP contribution in [-0.4, -0.2) is 30.3 Å². The minimum absolute atomic E-state index is 0.0942. The number of amides is 2. The van der Waals surface area contributed by atoms with Gasteiger partial charge in [-0.2, -0.15) is 0 Å². The van der Waals surface area contributed by atoms with Gasteiger partial charge in [0.2, 0.25) is 6.79 Å². The Morgan fingerprint density at radius 2 is 1.93 bits per heavy atom. The number of nitrogens with one attached hydrogen (secondary N) is 2. The van der Waals surface area contributed by atoms with Crippen LogP contribution in [0.5, 0.6) is 11.5 Å². The Labute approximate surface area is 159 Å². The van der Waals surface area contributed by atoms with E-state index in [0.717, 1.165) is 6.07 Å². The van der Waals surface area contributed by atoms with Gasteiger partial charge in [0.15, 0.2) is 11.5 Å². The molecule has 0 aromatic heterocycles. The molecule has 1 unspecified atom stereocenters. The number of fused-ring (bicyclic) bond motifs is 1. The van der Waals surface area contributed by atoms with Gasteiger partial charge in [-0.25, -0.2) is 4.39 Å². The van der Waals surface area contributed by atoms with E-state index in [1.807, 2.05) is 0 Å². The molecular weight excluding hydrogens is 379 g/mol. The highest BCUT2D eigenvalue weighted by molar-refractivity contribution is 6.39. The van der Waals surface area contributed by atoms with Crippen LogP contribution in [0.25, 0.3) is 0 Å². The summed E-state index contributed by atoms with van der Waals surface area (Å²) in [6, 6.07) is 8.10. The first-order valence-electron chi connectivity index (χ1n) is 8.05. The number of ether oxygens (including phenoxy) is 2. The number of benzene rings is 2. The van der Waals surface area contributed by atoms with Crippen molar-refractivity contribution in [2.75, 3.05) is 18.7 Å². The van der Waals surface area contributed by atoms with Gasteiger partial charge in [0.05, 0.1) is 11.1 Å². The summed E-state index contributed by atoms with van der Waals surface area (Å²) in [5.41, 5.74) is 0.742. The lowest BCUT2D eigenvalue weighted by Crippen LogP contribution is -2.38. The molecule has 3 N–H and O–H groups in total. The van der Waals surface area contributed by atoms with E-state index >= 15 is 0 Å². The number of carbonyl (C=O) groups excluding carboxylic acids is 2. The molecule has 27 heavy (non-hydrogen) atoms. The summed E-state index contributed by atoms with van der Waals surface area (Å²) < 4.78 is 24.0. The van der Waals surface area contributed by atoms with Gasteiger partial charge in [0.25, 0.3) is 0 Å². The lowest BCUT2D eigenvalue weighted by atomic mass is 10.0. The number of halogens is 2. The molecule has 9 heteroatoms. The van der Waals surface area contributed by atoms with Crippen LogP contribution in [-0.2, 0) is 9.59 Å². The Bertz CT molecular complexity index is 877. The van der Waals surface area contributed by atoms with Gasteiger partial charge in [-0.3, -0.25) is 9.59 Å². The van der Waals surface area contributed by atoms with Gasteiger partial charge < -0.3 is 25.2 Å². The maximum Gasteiger partial charge on any atom is 0.313 e. The smallest absolute Gasteiger partial charge is 0.313 e. The SMILES string of the molecule is O=C(Nc1ccc(Cl)c(F)c1)C(=O)NC(CCO)c1ccc2c(c1)OCO2. The molecule has 1 aliphatic rings. The van der Waals surface area contributed by atoms with Crippen LogP contribution in [0.15, 0.2) is 36.4 Å². The van der Waals surface area contributed by atoms with Crippen LogP contribution in [0.3, 0.4) is 0 Å². The number of aliphatic hydroxyl groups excluding tert-OH is 1. The summed E-state index contributed by atoms with van der Waals surface area (Å²) in [5.74, 6) is -1.52. The molecule has 0 saturated carbocycles. The van der Waals surface area contributed by atoms with Crippen LogP contribution in [0.4, 0.5) is 10.1 Å². The number of rotatable bonds is 5. The molecule has 1 atom stereocenters. The fourth-order valence-corrected chi connectivity index (χ4v) is 2.68. The van der Waals surface area contributed by atoms with Crippen molar-refractivity contribution in [3.05, 3.63) is 52.8 Å². The number of anilines is 1. The second-order valence-electron chi connectivity index (χ2n) is 5.73. The van der Waals surface area contributed by atoms with E-state index in [2.05, 4.69) is 10.6 Å². The molecule has 0 spiro atoms. The molecule has 0 radical (unpaired) electrons. The molecule has 0 aliphatic carbocycles. The normalized spacial score (nSPS) is 13.1. The summed E-state index contributed by atoms with van der Waals surface area (Å²) in [4.78, 5) is 24.3. The fraction of sp³-hybridized carbons (Fsp3) is 0.222. The number of carbonyl (C=O) groups is 2. The summed E-state index contributed by atoms with van der Waals surface area (Å²) in [6.45, 7) is -0.0979. The van der Waals surface area contributed by atoms with Crippen molar-refractivity contribution in [3.8, 4) is 11.5 Å². The van der Waals surface area contributed by atoms with Gasteiger partial charge in [-0.05, 0) is 42.3 Å². The molecular formula is C18H16ClFN2O5. The number of hydrogen-bond acceptors (Lipinski definition) is 5. The maximum atomic E-state index is 13.4. The van der Waals surface area contributed by atoms with Gasteiger partial charge >= 0.3 is 11.8 Å². The quantitative estimate of drug-likeness (QED) is 0.676. The van der Waals surface area contributed by atoms with Crippen molar-refractivity contribution in [2.24, 2.45) is 0 Å². The third-order valence-electron chi connectivity index (χ3n) is 3.91. The van der Waals surface area contributed by atoms with Crippen molar-refractivity contribution in [2.45, 2.75) is 12.5 Å². The molecule has 0 saturated heterocycles. The van der Waals surface area contributed by atoms with E-state index in [0.29, 0.717) is 17.1 Å². The van der Waals surface area contributed by atoms with E-state index in [4.69, 9.17) is 21.1 Å². The molecule has 2 aromatic rings. The van der Waals surface area contributed by atoms with Crippen LogP contribution < -0.4 is 20.1 Å². The van der Waals surface area contributed by atoms with Gasteiger partial charge in [0, 0.05) is 12.3 Å². The third-order valence-corrected chi connectivity index (χ3v) is 4.21. The lowest BCUT2D eigenvalue weighted by Gasteiger charge is -2.18. The first-order valence-corrected chi connectivity index (χ1v) is 8.43. The second kappa shape index (κ2) is 8.24. The second-order valence-corrected chi connectivity index (χ2v) is 6.14. The molecule has 1 heterocycles. The maximum absolute atomic E-state index is 13.4. The van der Waals surface area contributed by atoms with Crippen molar-refractivity contribution in [1.82, 2.24) is 5.32 Å². The van der Waals surface area contributed by atoms with Gasteiger partial charge in [-0.1, -0.05) is 17.7 Å². The highest BCUT2D eigenvalue weighted by Gasteiger charge is 2.22. The standard InChI is InChI=1S/C18H16ClFN2O5/c19-12-3-2-11(8-13(12)20)21-17(24)18(25)22-14(5-6-23)10-1-4-15-16(7-10)27-9-26-15/h1-4,7-8,14,23H,5-6,9H2,(H,21,24)(H,22,25). The minimum atomic E-state index is -0.972. The highest BCUT2D eigenvalue weighted by Crippen LogP contribution is 2.34. The van der Waals surface area contributed by atoms with Crippen LogP contribution in [0.1, 0.15) is 18.0 Å². The summed E-state index contributed by atoms with van der Waals surface area (Å²) in [6.07, 6.45) is 0.189. The first-order chi connectivity index (χ1) is 13.0. The Morgan fingerprint density at radius 1 is 1.15 bits per heavy atom. The van der Waals surface area contributed by atoms with Crippen molar-refractivity contribution in [1.29, 1.82) is 0 Å². The van der Waals surface area contributed by atoms with Gasteiger partial charge in [-0.15, -0.1) is 0 Å². The van der Waals surface area contributed by atoms with Crippen LogP contribution >= 0.6 is 11.6 Å². The topological polar surface area (TPSA) is 96.9 Å². The van der Waals surface area contributed by atoms with E-state index in [9.17, 15) is 19.1 Å². The van der Waals surface area contributed by atoms with Gasteiger partial charge in [0.1, 0.15) is 5.82 Å². The van der Waals surface area contributed by atoms with Crippen molar-refractivity contribution < 1.29 is 28.6 Å². The van der Waals surface area contributed by atoms with Crippen LogP contribution in [0, 0.1) is 5.82 Å². The van der Waals surface area contributed by atoms with Crippen molar-refractivity contribution >= 4 is 29.1 Å². The summed E-state index contributed by atoms with van der Waals surface area (Å²) in [5, 5.41) is 14.0. The Morgan fingerprint density at radius 3 is 2.67 bits per heavy atom. The average molecular weight is 395 g/mol. The van der Waals surface area contributed by atoms with E-state index < -0.39 is 23.7 Å². The highest BCUT2D eigenvalue weighted by atomic mass is 35.5. The largest absolute Gasteiger partial charge is 0.454 e. The van der Waals surface area contributed by atoms with E-state index in [-0.39, 0.29) is 30.5 Å². The van der Waals surface area contributed by atoms with Crippen molar-refractivity contribution in [3.63, 3.8) is 0 Å². The third kappa shape index (κ3) is 4.47. The first kappa shape index (κ1) is 18.9. The zero-order valence-corrected chi connectivity index (χ0v) is 14.8. The van der Waals surface area contributed by atoms with Crippen LogP contribution in [0.2, 0.25) is 5.02 Å². The number of hydrogen-bond donors (Lipinski definition) is 3. The molecule has 3 rings (SSSR count). The predicted octanol–water partition coefficient (Wildman–Crippen LogP) is 2.39. The monoisotopic (exact) mass is 394 g/mol. The van der Waals surface area contributed by atoms with E-state index in [1.54, 1.807) is 18.2 Å². The molecule has 1 aliphatic heterocycles. The Balaban J connectivity index is 1.69. The lowest BCUT2D eigenvalue weighted by molar-refractivity contribution is -0.136. The zero-order valence-electron chi connectivity index (χ0n) is 14.0. The minimum Gasteiger partial charge on any atom is -0.454 e. The summed E-state index contributed by atoms with van der Waals surface area (Å²) >= 11 is 5.58. The molecule has 2 amide bonds. The molecule has 7 nitrogen and oxygen atoms in total. The molecule has 0 bridgehead atoms. The number of aliphatic hydroxyl groups is 1. The van der Waals surface area contributed by atoms with E-state index in [1.165, 1.54) is 12.1 Å². The predicted molar refractivity (Wildman–Crippen MR) is 95.2 cm³/mol. The Hall–Kier alpha value is -2.84. The fourth-order valence-electron chi connectivity index (χ4n) is 2.57. The summed E-state index contributed by atoms with van der Waals surface area (Å²) in [7, 11) is 0.